The van der Waals surface area contributed by atoms with Gasteiger partial charge in [0, 0.05) is 22.9 Å². The van der Waals surface area contributed by atoms with E-state index < -0.39 is 5.63 Å². The summed E-state index contributed by atoms with van der Waals surface area (Å²) >= 11 is 0. The molecule has 0 bridgehead atoms. The van der Waals surface area contributed by atoms with Crippen molar-refractivity contribution in [3.63, 3.8) is 0 Å². The topological polar surface area (TPSA) is 75.9 Å². The van der Waals surface area contributed by atoms with Crippen LogP contribution in [0.2, 0.25) is 0 Å². The quantitative estimate of drug-likeness (QED) is 0.540. The zero-order chi connectivity index (χ0) is 17.6. The Morgan fingerprint density at radius 3 is 2.56 bits per heavy atom. The molecule has 4 aromatic rings. The summed E-state index contributed by atoms with van der Waals surface area (Å²) in [6.07, 6.45) is 0. The Morgan fingerprint density at radius 2 is 1.76 bits per heavy atom. The van der Waals surface area contributed by atoms with Gasteiger partial charge in [-0.15, -0.1) is 0 Å². The Hall–Kier alpha value is -3.34. The molecule has 0 aliphatic carbocycles. The molecular weight excluding hydrogens is 318 g/mol. The van der Waals surface area contributed by atoms with Crippen LogP contribution < -0.4 is 5.63 Å². The minimum absolute atomic E-state index is 0.0651. The molecule has 5 heteroatoms. The van der Waals surface area contributed by atoms with E-state index >= 15 is 0 Å². The van der Waals surface area contributed by atoms with Crippen LogP contribution in [-0.2, 0) is 0 Å². The number of fused-ring (bicyclic) bond motifs is 3. The number of benzene rings is 2. The highest BCUT2D eigenvalue weighted by Crippen LogP contribution is 2.31. The monoisotopic (exact) mass is 333 g/mol. The van der Waals surface area contributed by atoms with Crippen molar-refractivity contribution in [3.05, 3.63) is 70.3 Å². The number of aliphatic imine (C=N–C) groups is 1. The minimum atomic E-state index is -0.608. The van der Waals surface area contributed by atoms with Crippen molar-refractivity contribution in [2.45, 2.75) is 13.8 Å². The largest absolute Gasteiger partial charge is 0.507 e. The molecule has 5 nitrogen and oxygen atoms in total. The van der Waals surface area contributed by atoms with Gasteiger partial charge in [-0.25, -0.2) is 4.79 Å². The maximum Gasteiger partial charge on any atom is 0.348 e. The molecule has 2 aromatic carbocycles. The van der Waals surface area contributed by atoms with Gasteiger partial charge >= 0.3 is 5.63 Å². The fourth-order valence-electron chi connectivity index (χ4n) is 2.96. The lowest BCUT2D eigenvalue weighted by atomic mass is 10.1. The van der Waals surface area contributed by atoms with Crippen LogP contribution in [0.1, 0.15) is 18.2 Å². The third-order valence-corrected chi connectivity index (χ3v) is 4.07. The Labute approximate surface area is 142 Å². The average Bonchev–Trinajstić information content (AvgIpc) is 2.91. The van der Waals surface area contributed by atoms with Gasteiger partial charge in [-0.1, -0.05) is 18.2 Å². The summed E-state index contributed by atoms with van der Waals surface area (Å²) in [6, 6.07) is 14.8. The number of furan rings is 1. The molecule has 124 valence electrons. The first-order chi connectivity index (χ1) is 12.0. The molecule has 0 spiro atoms. The zero-order valence-electron chi connectivity index (χ0n) is 13.7. The van der Waals surface area contributed by atoms with Crippen molar-refractivity contribution in [1.82, 2.24) is 0 Å². The van der Waals surface area contributed by atoms with Crippen molar-refractivity contribution in [1.29, 1.82) is 0 Å². The maximum atomic E-state index is 12.0. The van der Waals surface area contributed by atoms with Crippen LogP contribution in [0.15, 0.2) is 67.2 Å². The van der Waals surface area contributed by atoms with Crippen molar-refractivity contribution >= 4 is 33.3 Å². The van der Waals surface area contributed by atoms with Crippen LogP contribution in [0.5, 0.6) is 5.75 Å². The fraction of sp³-hybridized carbons (Fsp3) is 0.100. The summed E-state index contributed by atoms with van der Waals surface area (Å²) in [4.78, 5) is 16.4. The molecule has 0 aliphatic rings. The van der Waals surface area contributed by atoms with Crippen LogP contribution in [0, 0.1) is 6.92 Å². The predicted octanol–water partition coefficient (Wildman–Crippen LogP) is 4.69. The maximum absolute atomic E-state index is 12.0. The van der Waals surface area contributed by atoms with Gasteiger partial charge in [0.05, 0.1) is 11.4 Å². The van der Waals surface area contributed by atoms with Gasteiger partial charge in [0.25, 0.3) is 0 Å². The lowest BCUT2D eigenvalue weighted by molar-refractivity contribution is 0.432. The highest BCUT2D eigenvalue weighted by Gasteiger charge is 2.13. The van der Waals surface area contributed by atoms with E-state index in [0.29, 0.717) is 17.2 Å². The number of para-hydroxylation sites is 1. The molecule has 0 saturated carbocycles. The summed E-state index contributed by atoms with van der Waals surface area (Å²) in [5.41, 5.74) is 1.99. The van der Waals surface area contributed by atoms with E-state index in [-0.39, 0.29) is 11.3 Å². The predicted molar refractivity (Wildman–Crippen MR) is 97.0 cm³/mol. The Balaban J connectivity index is 1.83. The second-order valence-electron chi connectivity index (χ2n) is 5.88. The van der Waals surface area contributed by atoms with Gasteiger partial charge in [-0.05, 0) is 32.0 Å². The number of aromatic hydroxyl groups is 1. The van der Waals surface area contributed by atoms with Crippen LogP contribution in [0.25, 0.3) is 21.9 Å². The minimum Gasteiger partial charge on any atom is -0.507 e. The molecule has 2 aromatic heterocycles. The number of rotatable bonds is 2. The molecule has 0 aliphatic heterocycles. The van der Waals surface area contributed by atoms with Crippen molar-refractivity contribution < 1.29 is 13.9 Å². The molecule has 0 unspecified atom stereocenters. The smallest absolute Gasteiger partial charge is 0.348 e. The highest BCUT2D eigenvalue weighted by molar-refractivity contribution is 6.06. The van der Waals surface area contributed by atoms with E-state index in [1.807, 2.05) is 42.5 Å². The van der Waals surface area contributed by atoms with Gasteiger partial charge in [-0.3, -0.25) is 4.99 Å². The van der Waals surface area contributed by atoms with Crippen LogP contribution in [-0.4, -0.2) is 10.8 Å². The van der Waals surface area contributed by atoms with E-state index in [0.717, 1.165) is 21.9 Å². The van der Waals surface area contributed by atoms with Crippen LogP contribution in [0.3, 0.4) is 0 Å². The third-order valence-electron chi connectivity index (χ3n) is 4.07. The summed E-state index contributed by atoms with van der Waals surface area (Å²) in [7, 11) is 0. The van der Waals surface area contributed by atoms with Gasteiger partial charge in [-0.2, -0.15) is 0 Å². The first kappa shape index (κ1) is 15.2. The zero-order valence-corrected chi connectivity index (χ0v) is 13.7. The molecule has 0 amide bonds. The van der Waals surface area contributed by atoms with Gasteiger partial charge < -0.3 is 13.9 Å². The Kier molecular flexibility index (Phi) is 3.42. The number of hydrogen-bond donors (Lipinski definition) is 1. The second kappa shape index (κ2) is 5.63. The van der Waals surface area contributed by atoms with Crippen molar-refractivity contribution in [2.24, 2.45) is 4.99 Å². The highest BCUT2D eigenvalue weighted by atomic mass is 16.4. The second-order valence-corrected chi connectivity index (χ2v) is 5.88. The fourth-order valence-corrected chi connectivity index (χ4v) is 2.96. The summed E-state index contributed by atoms with van der Waals surface area (Å²) in [6.45, 7) is 3.26. The van der Waals surface area contributed by atoms with E-state index in [9.17, 15) is 9.90 Å². The molecular formula is C20H15NO4. The van der Waals surface area contributed by atoms with Gasteiger partial charge in [0.15, 0.2) is 0 Å². The van der Waals surface area contributed by atoms with Crippen LogP contribution >= 0.6 is 0 Å². The first-order valence-corrected chi connectivity index (χ1v) is 7.83. The molecule has 0 fully saturated rings. The summed E-state index contributed by atoms with van der Waals surface area (Å²) in [5.74, 6) is 0.211. The summed E-state index contributed by atoms with van der Waals surface area (Å²) < 4.78 is 10.9. The lowest BCUT2D eigenvalue weighted by Crippen LogP contribution is -2.12. The standard InChI is InChI=1S/C20H15NO4/c1-11-9-16(22)19(20(23)24-11)12(2)21-13-7-8-15-14-5-3-4-6-17(14)25-18(15)10-13/h3-10,22H,1-2H3. The SMILES string of the molecule is CC(=Nc1ccc2c(c1)oc1ccccc12)c1c(O)cc(C)oc1=O. The van der Waals surface area contributed by atoms with E-state index in [1.165, 1.54) is 6.07 Å². The Bertz CT molecular complexity index is 1200. The molecule has 25 heavy (non-hydrogen) atoms. The number of hydrogen-bond acceptors (Lipinski definition) is 5. The summed E-state index contributed by atoms with van der Waals surface area (Å²) in [5, 5.41) is 12.1. The normalized spacial score (nSPS) is 12.2. The lowest BCUT2D eigenvalue weighted by Gasteiger charge is -2.03. The molecule has 2 heterocycles. The molecule has 4 rings (SSSR count). The van der Waals surface area contributed by atoms with E-state index in [1.54, 1.807) is 13.8 Å². The van der Waals surface area contributed by atoms with Crippen molar-refractivity contribution in [2.75, 3.05) is 0 Å². The molecule has 0 radical (unpaired) electrons. The van der Waals surface area contributed by atoms with Gasteiger partial charge in [0.2, 0.25) is 0 Å². The van der Waals surface area contributed by atoms with Crippen LogP contribution in [0.4, 0.5) is 5.69 Å². The third kappa shape index (κ3) is 2.59. The van der Waals surface area contributed by atoms with E-state index in [4.69, 9.17) is 8.83 Å². The van der Waals surface area contributed by atoms with E-state index in [2.05, 4.69) is 4.99 Å². The average molecular weight is 333 g/mol. The van der Waals surface area contributed by atoms with Crippen molar-refractivity contribution in [3.8, 4) is 5.75 Å². The Morgan fingerprint density at radius 1 is 1.00 bits per heavy atom. The first-order valence-electron chi connectivity index (χ1n) is 7.83. The molecule has 1 N–H and O–H groups in total. The number of nitrogens with zero attached hydrogens (tertiary/aromatic N) is 1. The number of aryl methyl sites for hydroxylation is 1. The molecule has 0 atom stereocenters. The molecule has 0 saturated heterocycles. The van der Waals surface area contributed by atoms with Gasteiger partial charge in [0.1, 0.15) is 28.2 Å².